The van der Waals surface area contributed by atoms with E-state index in [-0.39, 0.29) is 4.90 Å². The molecule has 0 spiro atoms. The maximum atomic E-state index is 12.5. The molecule has 0 radical (unpaired) electrons. The lowest BCUT2D eigenvalue weighted by Crippen LogP contribution is -2.21. The van der Waals surface area contributed by atoms with E-state index in [1.807, 2.05) is 30.5 Å². The number of carbonyl (C=O) groups excluding carboxylic acids is 1. The van der Waals surface area contributed by atoms with Gasteiger partial charge in [-0.1, -0.05) is 42.5 Å². The van der Waals surface area contributed by atoms with Gasteiger partial charge in [0.1, 0.15) is 17.0 Å². The standard InChI is InChI=1S/C20H22N2O4S2/c1-4-12-22-18-16(26-3)11-10-14(2)19(18)27-20(22)21-17(23)13-28(24,25)15-8-6-5-7-9-15/h5-11H,4,12-13H2,1-3H3. The normalized spacial score (nSPS) is 12.5. The van der Waals surface area contributed by atoms with Gasteiger partial charge in [-0.25, -0.2) is 8.42 Å². The highest BCUT2D eigenvalue weighted by molar-refractivity contribution is 7.92. The van der Waals surface area contributed by atoms with Crippen LogP contribution in [-0.2, 0) is 21.2 Å². The van der Waals surface area contributed by atoms with E-state index < -0.39 is 21.5 Å². The van der Waals surface area contributed by atoms with Crippen molar-refractivity contribution >= 4 is 37.3 Å². The molecule has 28 heavy (non-hydrogen) atoms. The number of aromatic nitrogens is 1. The van der Waals surface area contributed by atoms with Crippen LogP contribution in [0.5, 0.6) is 5.75 Å². The predicted octanol–water partition coefficient (Wildman–Crippen LogP) is 3.33. The molecule has 1 amide bonds. The van der Waals surface area contributed by atoms with Gasteiger partial charge in [-0.05, 0) is 37.1 Å². The van der Waals surface area contributed by atoms with Crippen molar-refractivity contribution in [1.29, 1.82) is 0 Å². The molecule has 0 aliphatic carbocycles. The molecule has 0 bridgehead atoms. The van der Waals surface area contributed by atoms with E-state index in [1.165, 1.54) is 23.5 Å². The first-order chi connectivity index (χ1) is 13.4. The van der Waals surface area contributed by atoms with Crippen LogP contribution in [0.1, 0.15) is 18.9 Å². The van der Waals surface area contributed by atoms with Crippen LogP contribution >= 0.6 is 11.3 Å². The van der Waals surface area contributed by atoms with Gasteiger partial charge in [0.05, 0.1) is 16.7 Å². The Bertz CT molecular complexity index is 1180. The Morgan fingerprint density at radius 1 is 1.18 bits per heavy atom. The van der Waals surface area contributed by atoms with Crippen molar-refractivity contribution in [3.05, 3.63) is 52.8 Å². The Labute approximate surface area is 168 Å². The second-order valence-electron chi connectivity index (χ2n) is 6.38. The van der Waals surface area contributed by atoms with Gasteiger partial charge in [-0.3, -0.25) is 4.79 Å². The number of ether oxygens (including phenoxy) is 1. The van der Waals surface area contributed by atoms with Crippen molar-refractivity contribution < 1.29 is 17.9 Å². The summed E-state index contributed by atoms with van der Waals surface area (Å²) in [7, 11) is -2.12. The van der Waals surface area contributed by atoms with Crippen LogP contribution in [0.15, 0.2) is 52.4 Å². The zero-order chi connectivity index (χ0) is 20.3. The summed E-state index contributed by atoms with van der Waals surface area (Å²) in [6.07, 6.45) is 0.840. The SMILES string of the molecule is CCCn1c(=NC(=O)CS(=O)(=O)c2ccccc2)sc2c(C)ccc(OC)c21. The van der Waals surface area contributed by atoms with Crippen LogP contribution in [-0.4, -0.2) is 31.8 Å². The molecule has 6 nitrogen and oxygen atoms in total. The van der Waals surface area contributed by atoms with Crippen molar-refractivity contribution in [2.45, 2.75) is 31.7 Å². The number of fused-ring (bicyclic) bond motifs is 1. The first-order valence-corrected chi connectivity index (χ1v) is 11.4. The first-order valence-electron chi connectivity index (χ1n) is 8.89. The molecule has 0 fully saturated rings. The Hall–Kier alpha value is -2.45. The highest BCUT2D eigenvalue weighted by Gasteiger charge is 2.20. The molecule has 0 aliphatic heterocycles. The second-order valence-corrected chi connectivity index (χ2v) is 9.34. The number of sulfone groups is 1. The molecule has 3 aromatic rings. The summed E-state index contributed by atoms with van der Waals surface area (Å²) < 4.78 is 33.3. The van der Waals surface area contributed by atoms with Gasteiger partial charge >= 0.3 is 0 Å². The lowest BCUT2D eigenvalue weighted by atomic mass is 10.2. The average molecular weight is 419 g/mol. The molecule has 1 heterocycles. The Kier molecular flexibility index (Phi) is 6.00. The van der Waals surface area contributed by atoms with Crippen molar-refractivity contribution in [2.24, 2.45) is 4.99 Å². The van der Waals surface area contributed by atoms with Gasteiger partial charge in [0.25, 0.3) is 5.91 Å². The van der Waals surface area contributed by atoms with Crippen molar-refractivity contribution in [3.63, 3.8) is 0 Å². The van der Waals surface area contributed by atoms with Crippen LogP contribution in [0.2, 0.25) is 0 Å². The minimum absolute atomic E-state index is 0.119. The maximum absolute atomic E-state index is 12.5. The summed E-state index contributed by atoms with van der Waals surface area (Å²) in [6, 6.07) is 11.8. The van der Waals surface area contributed by atoms with Gasteiger partial charge in [0.2, 0.25) is 0 Å². The van der Waals surface area contributed by atoms with E-state index in [1.54, 1.807) is 25.3 Å². The molecule has 0 saturated heterocycles. The number of hydrogen-bond donors (Lipinski definition) is 0. The summed E-state index contributed by atoms with van der Waals surface area (Å²) in [5, 5.41) is 0. The van der Waals surface area contributed by atoms with Crippen LogP contribution in [0.3, 0.4) is 0 Å². The number of benzene rings is 2. The van der Waals surface area contributed by atoms with Crippen LogP contribution in [0.25, 0.3) is 10.2 Å². The minimum Gasteiger partial charge on any atom is -0.495 e. The monoisotopic (exact) mass is 418 g/mol. The summed E-state index contributed by atoms with van der Waals surface area (Å²) in [5.74, 6) is -0.638. The highest BCUT2D eigenvalue weighted by atomic mass is 32.2. The van der Waals surface area contributed by atoms with Crippen molar-refractivity contribution in [3.8, 4) is 5.75 Å². The van der Waals surface area contributed by atoms with Crippen LogP contribution in [0, 0.1) is 6.92 Å². The molecule has 0 atom stereocenters. The highest BCUT2D eigenvalue weighted by Crippen LogP contribution is 2.30. The first kappa shape index (κ1) is 20.3. The lowest BCUT2D eigenvalue weighted by Gasteiger charge is -2.08. The fraction of sp³-hybridized carbons (Fsp3) is 0.300. The Balaban J connectivity index is 2.07. The topological polar surface area (TPSA) is 77.7 Å². The molecule has 0 unspecified atom stereocenters. The number of nitrogens with zero attached hydrogens (tertiary/aromatic N) is 2. The second kappa shape index (κ2) is 8.28. The van der Waals surface area contributed by atoms with Crippen molar-refractivity contribution in [1.82, 2.24) is 4.57 Å². The summed E-state index contributed by atoms with van der Waals surface area (Å²) >= 11 is 1.37. The maximum Gasteiger partial charge on any atom is 0.263 e. The van der Waals surface area contributed by atoms with Gasteiger partial charge in [0, 0.05) is 6.54 Å². The number of methoxy groups -OCH3 is 1. The number of rotatable bonds is 6. The fourth-order valence-corrected chi connectivity index (χ4v) is 5.26. The summed E-state index contributed by atoms with van der Waals surface area (Å²) in [5.41, 5.74) is 1.93. The van der Waals surface area contributed by atoms with Gasteiger partial charge in [-0.15, -0.1) is 0 Å². The summed E-state index contributed by atoms with van der Waals surface area (Å²) in [6.45, 7) is 4.67. The minimum atomic E-state index is -3.73. The molecule has 1 aromatic heterocycles. The molecular weight excluding hydrogens is 396 g/mol. The number of amides is 1. The third-order valence-electron chi connectivity index (χ3n) is 4.29. The number of thiazole rings is 1. The van der Waals surface area contributed by atoms with Crippen LogP contribution < -0.4 is 9.54 Å². The molecule has 2 aromatic carbocycles. The molecular formula is C20H22N2O4S2. The van der Waals surface area contributed by atoms with E-state index in [0.717, 1.165) is 22.2 Å². The average Bonchev–Trinajstić information content (AvgIpc) is 3.02. The van der Waals surface area contributed by atoms with E-state index in [0.29, 0.717) is 17.1 Å². The molecule has 0 N–H and O–H groups in total. The van der Waals surface area contributed by atoms with Gasteiger partial charge in [-0.2, -0.15) is 4.99 Å². The quantitative estimate of drug-likeness (QED) is 0.615. The van der Waals surface area contributed by atoms with E-state index in [2.05, 4.69) is 4.99 Å². The Morgan fingerprint density at radius 2 is 1.89 bits per heavy atom. The van der Waals surface area contributed by atoms with Crippen LogP contribution in [0.4, 0.5) is 0 Å². The molecule has 148 valence electrons. The molecule has 3 rings (SSSR count). The number of aryl methyl sites for hydroxylation is 2. The largest absolute Gasteiger partial charge is 0.495 e. The van der Waals surface area contributed by atoms with E-state index in [9.17, 15) is 13.2 Å². The van der Waals surface area contributed by atoms with Crippen molar-refractivity contribution in [2.75, 3.05) is 12.9 Å². The number of carbonyl (C=O) groups is 1. The third kappa shape index (κ3) is 4.02. The molecule has 0 aliphatic rings. The third-order valence-corrected chi connectivity index (χ3v) is 7.12. The zero-order valence-corrected chi connectivity index (χ0v) is 17.6. The smallest absolute Gasteiger partial charge is 0.263 e. The fourth-order valence-electron chi connectivity index (χ4n) is 2.97. The van der Waals surface area contributed by atoms with Gasteiger partial charge in [0.15, 0.2) is 14.6 Å². The van der Waals surface area contributed by atoms with E-state index >= 15 is 0 Å². The molecule has 0 saturated carbocycles. The number of hydrogen-bond acceptors (Lipinski definition) is 5. The Morgan fingerprint density at radius 3 is 2.54 bits per heavy atom. The lowest BCUT2D eigenvalue weighted by molar-refractivity contribution is -0.115. The predicted molar refractivity (Wildman–Crippen MR) is 110 cm³/mol. The van der Waals surface area contributed by atoms with Gasteiger partial charge < -0.3 is 9.30 Å². The molecule has 8 heteroatoms. The summed E-state index contributed by atoms with van der Waals surface area (Å²) in [4.78, 5) is 17.2. The van der Waals surface area contributed by atoms with E-state index in [4.69, 9.17) is 4.74 Å². The zero-order valence-electron chi connectivity index (χ0n) is 16.0.